The molecule has 0 atom stereocenters. The van der Waals surface area contributed by atoms with E-state index in [9.17, 15) is 0 Å². The van der Waals surface area contributed by atoms with Crippen LogP contribution in [0.4, 0.5) is 0 Å². The second-order valence-electron chi connectivity index (χ2n) is 6.21. The second-order valence-corrected chi connectivity index (χ2v) is 6.21. The van der Waals surface area contributed by atoms with Crippen LogP contribution in [0, 0.1) is 5.41 Å². The minimum Gasteiger partial charge on any atom is -0.385 e. The Morgan fingerprint density at radius 3 is 2.30 bits per heavy atom. The Balaban J connectivity index is 2.52. The van der Waals surface area contributed by atoms with E-state index >= 15 is 0 Å². The van der Waals surface area contributed by atoms with Crippen LogP contribution in [0.2, 0.25) is 0 Å². The Hall–Kier alpha value is -0.160. The van der Waals surface area contributed by atoms with Gasteiger partial charge in [0.05, 0.1) is 6.61 Å². The molecule has 1 fully saturated rings. The van der Waals surface area contributed by atoms with Crippen molar-refractivity contribution in [1.82, 2.24) is 10.2 Å². The van der Waals surface area contributed by atoms with Crippen molar-refractivity contribution in [2.24, 2.45) is 5.41 Å². The first-order valence-corrected chi connectivity index (χ1v) is 8.11. The van der Waals surface area contributed by atoms with Crippen molar-refractivity contribution in [2.45, 2.75) is 38.5 Å². The molecule has 0 amide bonds. The standard InChI is InChI=1S/C16H34N2O2/c1-17-14-16(8-5-4-6-9-16)15-18(11-13-20-3)10-7-12-19-2/h17H,4-15H2,1-3H3. The molecule has 0 aromatic carbocycles. The van der Waals surface area contributed by atoms with Gasteiger partial charge in [0, 0.05) is 47.0 Å². The molecule has 0 bridgehead atoms. The predicted octanol–water partition coefficient (Wildman–Crippen LogP) is 2.14. The van der Waals surface area contributed by atoms with E-state index < -0.39 is 0 Å². The molecule has 4 nitrogen and oxygen atoms in total. The molecule has 20 heavy (non-hydrogen) atoms. The summed E-state index contributed by atoms with van der Waals surface area (Å²) in [7, 11) is 5.65. The Morgan fingerprint density at radius 1 is 1.00 bits per heavy atom. The van der Waals surface area contributed by atoms with Crippen LogP contribution in [0.3, 0.4) is 0 Å². The van der Waals surface area contributed by atoms with Gasteiger partial charge < -0.3 is 19.7 Å². The Kier molecular flexibility index (Phi) is 9.44. The van der Waals surface area contributed by atoms with Crippen molar-refractivity contribution < 1.29 is 9.47 Å². The summed E-state index contributed by atoms with van der Waals surface area (Å²) in [6.07, 6.45) is 8.02. The molecule has 1 N–H and O–H groups in total. The quantitative estimate of drug-likeness (QED) is 0.590. The van der Waals surface area contributed by atoms with Crippen LogP contribution in [-0.2, 0) is 9.47 Å². The number of hydrogen-bond acceptors (Lipinski definition) is 4. The average Bonchev–Trinajstić information content (AvgIpc) is 2.46. The third-order valence-electron chi connectivity index (χ3n) is 4.46. The summed E-state index contributed by atoms with van der Waals surface area (Å²) in [5.74, 6) is 0. The van der Waals surface area contributed by atoms with Crippen LogP contribution in [0.25, 0.3) is 0 Å². The molecular weight excluding hydrogens is 252 g/mol. The van der Waals surface area contributed by atoms with Gasteiger partial charge in [0.2, 0.25) is 0 Å². The van der Waals surface area contributed by atoms with Gasteiger partial charge in [-0.25, -0.2) is 0 Å². The van der Waals surface area contributed by atoms with Crippen LogP contribution in [-0.4, -0.2) is 65.6 Å². The maximum atomic E-state index is 5.27. The number of rotatable bonds is 11. The van der Waals surface area contributed by atoms with Crippen LogP contribution in [0.15, 0.2) is 0 Å². The number of nitrogens with one attached hydrogen (secondary N) is 1. The Morgan fingerprint density at radius 2 is 1.70 bits per heavy atom. The molecule has 0 aliphatic heterocycles. The van der Waals surface area contributed by atoms with Crippen molar-refractivity contribution in [3.63, 3.8) is 0 Å². The zero-order chi connectivity index (χ0) is 14.7. The van der Waals surface area contributed by atoms with E-state index in [4.69, 9.17) is 9.47 Å². The van der Waals surface area contributed by atoms with Crippen LogP contribution in [0.1, 0.15) is 38.5 Å². The summed E-state index contributed by atoms with van der Waals surface area (Å²) in [5.41, 5.74) is 0.466. The van der Waals surface area contributed by atoms with Gasteiger partial charge in [0.25, 0.3) is 0 Å². The minimum absolute atomic E-state index is 0.466. The maximum absolute atomic E-state index is 5.27. The zero-order valence-corrected chi connectivity index (χ0v) is 13.7. The molecular formula is C16H34N2O2. The summed E-state index contributed by atoms with van der Waals surface area (Å²) in [6, 6.07) is 0. The third-order valence-corrected chi connectivity index (χ3v) is 4.46. The summed E-state index contributed by atoms with van der Waals surface area (Å²) in [5, 5.41) is 3.42. The Labute approximate surface area is 125 Å². The molecule has 1 aliphatic rings. The van der Waals surface area contributed by atoms with Crippen LogP contribution < -0.4 is 5.32 Å². The Bertz CT molecular complexity index is 225. The molecule has 0 unspecified atom stereocenters. The molecule has 120 valence electrons. The lowest BCUT2D eigenvalue weighted by Gasteiger charge is -2.41. The average molecular weight is 286 g/mol. The van der Waals surface area contributed by atoms with Gasteiger partial charge >= 0.3 is 0 Å². The molecule has 0 aromatic heterocycles. The molecule has 0 radical (unpaired) electrons. The lowest BCUT2D eigenvalue weighted by molar-refractivity contribution is 0.0732. The third kappa shape index (κ3) is 6.53. The number of ether oxygens (including phenoxy) is 2. The van der Waals surface area contributed by atoms with E-state index in [1.165, 1.54) is 38.6 Å². The smallest absolute Gasteiger partial charge is 0.0589 e. The fourth-order valence-corrected chi connectivity index (χ4v) is 3.46. The van der Waals surface area contributed by atoms with Crippen molar-refractivity contribution in [1.29, 1.82) is 0 Å². The molecule has 0 heterocycles. The minimum atomic E-state index is 0.466. The van der Waals surface area contributed by atoms with Crippen LogP contribution in [0.5, 0.6) is 0 Å². The van der Waals surface area contributed by atoms with E-state index in [0.29, 0.717) is 5.41 Å². The number of methoxy groups -OCH3 is 2. The van der Waals surface area contributed by atoms with Gasteiger partial charge in [-0.2, -0.15) is 0 Å². The summed E-state index contributed by atoms with van der Waals surface area (Å²) >= 11 is 0. The highest BCUT2D eigenvalue weighted by Crippen LogP contribution is 2.36. The normalized spacial score (nSPS) is 18.6. The summed E-state index contributed by atoms with van der Waals surface area (Å²) in [6.45, 7) is 6.15. The fourth-order valence-electron chi connectivity index (χ4n) is 3.46. The first-order valence-electron chi connectivity index (χ1n) is 8.11. The molecule has 1 rings (SSSR count). The molecule has 0 saturated heterocycles. The lowest BCUT2D eigenvalue weighted by Crippen LogP contribution is -2.46. The van der Waals surface area contributed by atoms with Gasteiger partial charge in [0.1, 0.15) is 0 Å². The highest BCUT2D eigenvalue weighted by atomic mass is 16.5. The molecule has 1 aliphatic carbocycles. The van der Waals surface area contributed by atoms with Gasteiger partial charge in [-0.05, 0) is 31.7 Å². The first kappa shape index (κ1) is 17.9. The zero-order valence-electron chi connectivity index (χ0n) is 13.7. The van der Waals surface area contributed by atoms with Crippen LogP contribution >= 0.6 is 0 Å². The van der Waals surface area contributed by atoms with E-state index in [2.05, 4.69) is 17.3 Å². The summed E-state index contributed by atoms with van der Waals surface area (Å²) in [4.78, 5) is 2.57. The molecule has 0 aromatic rings. The van der Waals surface area contributed by atoms with Gasteiger partial charge in [-0.3, -0.25) is 0 Å². The largest absolute Gasteiger partial charge is 0.385 e. The van der Waals surface area contributed by atoms with Crippen molar-refractivity contribution >= 4 is 0 Å². The van der Waals surface area contributed by atoms with E-state index in [0.717, 1.165) is 39.3 Å². The van der Waals surface area contributed by atoms with Gasteiger partial charge in [0.15, 0.2) is 0 Å². The maximum Gasteiger partial charge on any atom is 0.0589 e. The summed E-state index contributed by atoms with van der Waals surface area (Å²) < 4.78 is 10.5. The number of hydrogen-bond donors (Lipinski definition) is 1. The SMILES string of the molecule is CNCC1(CN(CCCOC)CCOC)CCCCC1. The highest BCUT2D eigenvalue weighted by molar-refractivity contribution is 4.87. The second kappa shape index (κ2) is 10.6. The predicted molar refractivity (Wildman–Crippen MR) is 84.3 cm³/mol. The van der Waals surface area contributed by atoms with Gasteiger partial charge in [-0.15, -0.1) is 0 Å². The molecule has 0 spiro atoms. The first-order chi connectivity index (χ1) is 9.76. The van der Waals surface area contributed by atoms with Crippen molar-refractivity contribution in [2.75, 3.05) is 60.7 Å². The highest BCUT2D eigenvalue weighted by Gasteiger charge is 2.33. The monoisotopic (exact) mass is 286 g/mol. The number of nitrogens with zero attached hydrogens (tertiary/aromatic N) is 1. The van der Waals surface area contributed by atoms with E-state index in [1.807, 2.05) is 0 Å². The lowest BCUT2D eigenvalue weighted by atomic mass is 9.73. The fraction of sp³-hybridized carbons (Fsp3) is 1.00. The van der Waals surface area contributed by atoms with E-state index in [1.54, 1.807) is 14.2 Å². The molecule has 4 heteroatoms. The van der Waals surface area contributed by atoms with E-state index in [-0.39, 0.29) is 0 Å². The van der Waals surface area contributed by atoms with Crippen molar-refractivity contribution in [3.8, 4) is 0 Å². The topological polar surface area (TPSA) is 33.7 Å². The van der Waals surface area contributed by atoms with Crippen molar-refractivity contribution in [3.05, 3.63) is 0 Å². The van der Waals surface area contributed by atoms with Gasteiger partial charge in [-0.1, -0.05) is 19.3 Å². The molecule has 1 saturated carbocycles.